The van der Waals surface area contributed by atoms with Crippen LogP contribution in [0.2, 0.25) is 0 Å². The first-order valence-electron chi connectivity index (χ1n) is 6.06. The Morgan fingerprint density at radius 2 is 2.18 bits per heavy atom. The minimum atomic E-state index is -0.579. The molecule has 1 fully saturated rings. The van der Waals surface area contributed by atoms with E-state index in [0.29, 0.717) is 5.82 Å². The molecule has 0 atom stereocenters. The van der Waals surface area contributed by atoms with Gasteiger partial charge in [0.2, 0.25) is 0 Å². The van der Waals surface area contributed by atoms with Crippen LogP contribution in [0, 0.1) is 6.92 Å². The van der Waals surface area contributed by atoms with Gasteiger partial charge in [-0.25, -0.2) is 9.97 Å². The lowest BCUT2D eigenvalue weighted by atomic mass is 9.68. The first-order valence-corrected chi connectivity index (χ1v) is 6.06. The van der Waals surface area contributed by atoms with Gasteiger partial charge in [-0.3, -0.25) is 4.79 Å². The van der Waals surface area contributed by atoms with Crippen LogP contribution in [0.3, 0.4) is 0 Å². The molecule has 0 aromatic carbocycles. The van der Waals surface area contributed by atoms with E-state index in [1.165, 1.54) is 7.11 Å². The van der Waals surface area contributed by atoms with Crippen molar-refractivity contribution in [3.8, 4) is 0 Å². The number of carbonyl (C=O) groups is 1. The number of nitrogens with zero attached hydrogens (tertiary/aromatic N) is 2. The Morgan fingerprint density at radius 1 is 1.47 bits per heavy atom. The van der Waals surface area contributed by atoms with E-state index in [9.17, 15) is 4.79 Å². The lowest BCUT2D eigenvalue weighted by Crippen LogP contribution is -2.45. The molecule has 1 aromatic rings. The van der Waals surface area contributed by atoms with Crippen molar-refractivity contribution < 1.29 is 9.53 Å². The third kappa shape index (κ3) is 1.92. The fourth-order valence-corrected chi connectivity index (χ4v) is 2.27. The number of methoxy groups -OCH3 is 1. The van der Waals surface area contributed by atoms with Crippen LogP contribution in [0.25, 0.3) is 0 Å². The Morgan fingerprint density at radius 3 is 2.65 bits per heavy atom. The van der Waals surface area contributed by atoms with Gasteiger partial charge >= 0.3 is 5.97 Å². The Hall–Kier alpha value is -1.45. The number of hydrogen-bond acceptors (Lipinski definition) is 4. The summed E-state index contributed by atoms with van der Waals surface area (Å²) in [6.45, 7) is 3.99. The molecule has 1 saturated carbocycles. The van der Waals surface area contributed by atoms with Crippen LogP contribution in [0.5, 0.6) is 0 Å². The van der Waals surface area contributed by atoms with Crippen LogP contribution in [-0.2, 0) is 21.4 Å². The van der Waals surface area contributed by atoms with Gasteiger partial charge in [0, 0.05) is 11.4 Å². The highest BCUT2D eigenvalue weighted by molar-refractivity contribution is 5.83. The van der Waals surface area contributed by atoms with Crippen molar-refractivity contribution in [2.75, 3.05) is 7.11 Å². The maximum absolute atomic E-state index is 11.9. The first kappa shape index (κ1) is 12.0. The predicted molar refractivity (Wildman–Crippen MR) is 63.7 cm³/mol. The number of carbonyl (C=O) groups excluding carboxylic acids is 1. The first-order chi connectivity index (χ1) is 8.12. The summed E-state index contributed by atoms with van der Waals surface area (Å²) in [6, 6.07) is 1.97. The maximum Gasteiger partial charge on any atom is 0.319 e. The summed E-state index contributed by atoms with van der Waals surface area (Å²) in [4.78, 5) is 20.9. The van der Waals surface area contributed by atoms with E-state index in [4.69, 9.17) is 4.74 Å². The fourth-order valence-electron chi connectivity index (χ4n) is 2.27. The van der Waals surface area contributed by atoms with Crippen molar-refractivity contribution in [2.24, 2.45) is 0 Å². The van der Waals surface area contributed by atoms with Gasteiger partial charge in [0.15, 0.2) is 0 Å². The number of aryl methyl sites for hydroxylation is 2. The highest BCUT2D eigenvalue weighted by Crippen LogP contribution is 2.43. The van der Waals surface area contributed by atoms with E-state index >= 15 is 0 Å². The number of ether oxygens (including phenoxy) is 1. The van der Waals surface area contributed by atoms with Gasteiger partial charge in [0.1, 0.15) is 11.2 Å². The van der Waals surface area contributed by atoms with Crippen molar-refractivity contribution in [3.05, 3.63) is 23.3 Å². The minimum absolute atomic E-state index is 0.198. The number of aromatic nitrogens is 2. The Balaban J connectivity index is 2.44. The zero-order chi connectivity index (χ0) is 12.5. The van der Waals surface area contributed by atoms with Crippen LogP contribution in [-0.4, -0.2) is 23.0 Å². The molecule has 1 aliphatic carbocycles. The van der Waals surface area contributed by atoms with Gasteiger partial charge < -0.3 is 4.74 Å². The second-order valence-corrected chi connectivity index (χ2v) is 4.61. The van der Waals surface area contributed by atoms with Gasteiger partial charge in [-0.1, -0.05) is 13.3 Å². The summed E-state index contributed by atoms with van der Waals surface area (Å²) in [5, 5.41) is 0. The zero-order valence-electron chi connectivity index (χ0n) is 10.6. The Labute approximate surface area is 101 Å². The van der Waals surface area contributed by atoms with Gasteiger partial charge in [-0.2, -0.15) is 0 Å². The summed E-state index contributed by atoms with van der Waals surface area (Å²) < 4.78 is 4.91. The van der Waals surface area contributed by atoms with Gasteiger partial charge in [0.05, 0.1) is 7.11 Å². The molecule has 1 aromatic heterocycles. The summed E-state index contributed by atoms with van der Waals surface area (Å²) in [5.41, 5.74) is 1.33. The molecular formula is C13H18N2O2. The van der Waals surface area contributed by atoms with Crippen LogP contribution in [0.4, 0.5) is 0 Å². The fraction of sp³-hybridized carbons (Fsp3) is 0.615. The summed E-state index contributed by atoms with van der Waals surface area (Å²) in [7, 11) is 1.43. The zero-order valence-corrected chi connectivity index (χ0v) is 10.6. The quantitative estimate of drug-likeness (QED) is 0.750. The van der Waals surface area contributed by atoms with Crippen molar-refractivity contribution in [3.63, 3.8) is 0 Å². The molecule has 0 unspecified atom stereocenters. The molecule has 4 heteroatoms. The van der Waals surface area contributed by atoms with Crippen LogP contribution >= 0.6 is 0 Å². The number of esters is 1. The Kier molecular flexibility index (Phi) is 3.13. The summed E-state index contributed by atoms with van der Waals surface area (Å²) in [5.74, 6) is 0.448. The largest absolute Gasteiger partial charge is 0.468 e. The van der Waals surface area contributed by atoms with Crippen molar-refractivity contribution in [2.45, 2.75) is 44.9 Å². The SMILES string of the molecule is CCc1cc(C)nc(C2(C(=O)OC)CCC2)n1. The van der Waals surface area contributed by atoms with E-state index in [2.05, 4.69) is 16.9 Å². The van der Waals surface area contributed by atoms with Gasteiger partial charge in [-0.05, 0) is 32.3 Å². The molecule has 1 heterocycles. The summed E-state index contributed by atoms with van der Waals surface area (Å²) in [6.07, 6.45) is 3.49. The highest BCUT2D eigenvalue weighted by Gasteiger charge is 2.49. The normalized spacial score (nSPS) is 17.4. The minimum Gasteiger partial charge on any atom is -0.468 e. The second-order valence-electron chi connectivity index (χ2n) is 4.61. The van der Waals surface area contributed by atoms with E-state index < -0.39 is 5.41 Å². The molecule has 0 radical (unpaired) electrons. The topological polar surface area (TPSA) is 52.1 Å². The van der Waals surface area contributed by atoms with Crippen LogP contribution in [0.1, 0.15) is 43.4 Å². The molecule has 0 saturated heterocycles. The average Bonchev–Trinajstić information content (AvgIpc) is 2.26. The Bertz CT molecular complexity index is 439. The predicted octanol–water partition coefficient (Wildman–Crippen LogP) is 1.94. The van der Waals surface area contributed by atoms with E-state index in [0.717, 1.165) is 37.1 Å². The molecule has 2 rings (SSSR count). The third-order valence-corrected chi connectivity index (χ3v) is 3.48. The monoisotopic (exact) mass is 234 g/mol. The van der Waals surface area contributed by atoms with Crippen LogP contribution in [0.15, 0.2) is 6.07 Å². The number of hydrogen-bond donors (Lipinski definition) is 0. The lowest BCUT2D eigenvalue weighted by Gasteiger charge is -2.37. The molecule has 0 aliphatic heterocycles. The molecule has 0 N–H and O–H groups in total. The third-order valence-electron chi connectivity index (χ3n) is 3.48. The maximum atomic E-state index is 11.9. The summed E-state index contributed by atoms with van der Waals surface area (Å²) >= 11 is 0. The molecule has 0 spiro atoms. The smallest absolute Gasteiger partial charge is 0.319 e. The molecule has 92 valence electrons. The molecule has 4 nitrogen and oxygen atoms in total. The van der Waals surface area contributed by atoms with E-state index in [1.807, 2.05) is 13.0 Å². The molecule has 1 aliphatic rings. The van der Waals surface area contributed by atoms with Crippen molar-refractivity contribution in [1.29, 1.82) is 0 Å². The highest BCUT2D eigenvalue weighted by atomic mass is 16.5. The molecule has 17 heavy (non-hydrogen) atoms. The molecular weight excluding hydrogens is 216 g/mol. The van der Waals surface area contributed by atoms with Crippen molar-refractivity contribution >= 4 is 5.97 Å². The van der Waals surface area contributed by atoms with Gasteiger partial charge in [0.25, 0.3) is 0 Å². The van der Waals surface area contributed by atoms with E-state index in [-0.39, 0.29) is 5.97 Å². The van der Waals surface area contributed by atoms with Crippen LogP contribution < -0.4 is 0 Å². The second kappa shape index (κ2) is 4.43. The average molecular weight is 234 g/mol. The van der Waals surface area contributed by atoms with E-state index in [1.54, 1.807) is 0 Å². The molecule has 0 amide bonds. The van der Waals surface area contributed by atoms with Gasteiger partial charge in [-0.15, -0.1) is 0 Å². The standard InChI is InChI=1S/C13H18N2O2/c1-4-10-8-9(2)14-11(15-10)13(6-5-7-13)12(16)17-3/h8H,4-7H2,1-3H3. The molecule has 0 bridgehead atoms. The lowest BCUT2D eigenvalue weighted by molar-refractivity contribution is -0.151. The van der Waals surface area contributed by atoms with Crippen molar-refractivity contribution in [1.82, 2.24) is 9.97 Å². The number of rotatable bonds is 3.